The van der Waals surface area contributed by atoms with Crippen LogP contribution in [-0.2, 0) is 12.8 Å². The zero-order valence-corrected chi connectivity index (χ0v) is 20.1. The van der Waals surface area contributed by atoms with Crippen LogP contribution in [0.25, 0.3) is 5.57 Å². The Balaban J connectivity index is 1.19. The summed E-state index contributed by atoms with van der Waals surface area (Å²) < 4.78 is 14.1. The Morgan fingerprint density at radius 3 is 2.19 bits per heavy atom. The zero-order valence-electron chi connectivity index (χ0n) is 19.3. The first-order chi connectivity index (χ1) is 15.5. The molecular formula is C30H36ClF. The molecule has 0 radical (unpaired) electrons. The molecule has 2 aromatic carbocycles. The van der Waals surface area contributed by atoms with Crippen LogP contribution in [0.15, 0.2) is 66.8 Å². The third kappa shape index (κ3) is 6.13. The van der Waals surface area contributed by atoms with Gasteiger partial charge in [-0.25, -0.2) is 4.39 Å². The van der Waals surface area contributed by atoms with Gasteiger partial charge >= 0.3 is 0 Å². The molecule has 0 bridgehead atoms. The summed E-state index contributed by atoms with van der Waals surface area (Å²) in [5.41, 5.74) is 4.53. The molecule has 2 aliphatic carbocycles. The van der Waals surface area contributed by atoms with Crippen molar-refractivity contribution in [3.63, 3.8) is 0 Å². The maximum Gasteiger partial charge on any atom is 0.131 e. The molecule has 32 heavy (non-hydrogen) atoms. The highest BCUT2D eigenvalue weighted by atomic mass is 35.5. The topological polar surface area (TPSA) is 0 Å². The summed E-state index contributed by atoms with van der Waals surface area (Å²) in [5.74, 6) is 1.51. The number of aryl methyl sites for hydroxylation is 2. The van der Waals surface area contributed by atoms with Crippen LogP contribution in [-0.4, -0.2) is 4.87 Å². The molecule has 0 spiro atoms. The smallest absolute Gasteiger partial charge is 0.131 e. The third-order valence-corrected chi connectivity index (χ3v) is 8.08. The monoisotopic (exact) mass is 450 g/mol. The second kappa shape index (κ2) is 10.8. The average Bonchev–Trinajstić information content (AvgIpc) is 2.83. The molecule has 0 N–H and O–H groups in total. The van der Waals surface area contributed by atoms with Crippen LogP contribution in [0.2, 0.25) is 0 Å². The number of rotatable bonds is 8. The summed E-state index contributed by atoms with van der Waals surface area (Å²) in [5, 5.41) is 0. The molecule has 0 nitrogen and oxygen atoms in total. The van der Waals surface area contributed by atoms with Crippen molar-refractivity contribution < 1.29 is 4.39 Å². The van der Waals surface area contributed by atoms with Gasteiger partial charge in [-0.1, -0.05) is 93.3 Å². The van der Waals surface area contributed by atoms with Gasteiger partial charge in [0.25, 0.3) is 0 Å². The van der Waals surface area contributed by atoms with E-state index in [1.54, 1.807) is 6.07 Å². The minimum absolute atomic E-state index is 0.166. The summed E-state index contributed by atoms with van der Waals surface area (Å²) in [4.78, 5) is -0.309. The molecule has 170 valence electrons. The van der Waals surface area contributed by atoms with Crippen LogP contribution in [0.1, 0.15) is 75.0 Å². The highest BCUT2D eigenvalue weighted by Gasteiger charge is 2.29. The van der Waals surface area contributed by atoms with E-state index in [2.05, 4.69) is 43.3 Å². The van der Waals surface area contributed by atoms with E-state index in [1.807, 2.05) is 18.2 Å². The van der Waals surface area contributed by atoms with E-state index < -0.39 is 0 Å². The van der Waals surface area contributed by atoms with Crippen LogP contribution in [0.5, 0.6) is 0 Å². The molecule has 2 aromatic rings. The largest absolute Gasteiger partial charge is 0.206 e. The van der Waals surface area contributed by atoms with Crippen molar-refractivity contribution >= 4 is 17.2 Å². The summed E-state index contributed by atoms with van der Waals surface area (Å²) in [7, 11) is 0. The van der Waals surface area contributed by atoms with Gasteiger partial charge in [0, 0.05) is 5.56 Å². The molecule has 1 fully saturated rings. The van der Waals surface area contributed by atoms with E-state index in [1.165, 1.54) is 62.1 Å². The van der Waals surface area contributed by atoms with Gasteiger partial charge in [-0.3, -0.25) is 0 Å². The van der Waals surface area contributed by atoms with Gasteiger partial charge in [0.2, 0.25) is 0 Å². The predicted molar refractivity (Wildman–Crippen MR) is 136 cm³/mol. The number of allylic oxidation sites excluding steroid dienone is 4. The molecule has 0 aliphatic heterocycles. The van der Waals surface area contributed by atoms with Gasteiger partial charge in [-0.2, -0.15) is 0 Å². The average molecular weight is 451 g/mol. The lowest BCUT2D eigenvalue weighted by Crippen LogP contribution is -2.23. The molecule has 1 unspecified atom stereocenters. The van der Waals surface area contributed by atoms with Crippen LogP contribution in [0, 0.1) is 17.7 Å². The van der Waals surface area contributed by atoms with E-state index in [0.29, 0.717) is 5.56 Å². The van der Waals surface area contributed by atoms with Crippen LogP contribution in [0.3, 0.4) is 0 Å². The predicted octanol–water partition coefficient (Wildman–Crippen LogP) is 8.93. The number of halogens is 2. The van der Waals surface area contributed by atoms with Crippen molar-refractivity contribution in [2.45, 2.75) is 76.0 Å². The van der Waals surface area contributed by atoms with Gasteiger partial charge in [0.1, 0.15) is 5.82 Å². The Labute approximate surface area is 198 Å². The summed E-state index contributed by atoms with van der Waals surface area (Å²) >= 11 is 6.93. The fourth-order valence-electron chi connectivity index (χ4n) is 5.30. The number of benzene rings is 2. The lowest BCUT2D eigenvalue weighted by molar-refractivity contribution is 0.246. The van der Waals surface area contributed by atoms with Gasteiger partial charge in [-0.05, 0) is 73.1 Å². The van der Waals surface area contributed by atoms with Crippen molar-refractivity contribution in [1.82, 2.24) is 0 Å². The second-order valence-corrected chi connectivity index (χ2v) is 10.6. The first kappa shape index (κ1) is 23.3. The Morgan fingerprint density at radius 1 is 0.906 bits per heavy atom. The van der Waals surface area contributed by atoms with Crippen molar-refractivity contribution in [3.05, 3.63) is 89.3 Å². The molecule has 4 rings (SSSR count). The Kier molecular flexibility index (Phi) is 7.89. The summed E-state index contributed by atoms with van der Waals surface area (Å²) in [6, 6.07) is 16.2. The van der Waals surface area contributed by atoms with Crippen molar-refractivity contribution in [2.24, 2.45) is 11.8 Å². The Hall–Kier alpha value is -1.86. The summed E-state index contributed by atoms with van der Waals surface area (Å²) in [6.07, 6.45) is 18.3. The Bertz CT molecular complexity index is 934. The highest BCUT2D eigenvalue weighted by Crippen LogP contribution is 2.40. The van der Waals surface area contributed by atoms with Gasteiger partial charge in [-0.15, -0.1) is 11.6 Å². The van der Waals surface area contributed by atoms with E-state index >= 15 is 0 Å². The van der Waals surface area contributed by atoms with Crippen molar-refractivity contribution in [3.8, 4) is 0 Å². The first-order valence-corrected chi connectivity index (χ1v) is 12.8. The van der Waals surface area contributed by atoms with E-state index in [0.717, 1.165) is 36.7 Å². The standard InChI is InChI=1S/C30H36ClF/c1-2-23-7-9-24(10-8-23)11-12-25-13-15-26(16-14-25)17-20-30(31)21-18-27(19-22-30)28-5-3-4-6-29(28)32/h3-10,18-19,21,25-26H,2,11-17,20,22H2,1H3/t25-,26-,30?. The molecule has 1 atom stereocenters. The molecular weight excluding hydrogens is 415 g/mol. The quantitative estimate of drug-likeness (QED) is 0.352. The second-order valence-electron chi connectivity index (χ2n) is 9.85. The number of hydrogen-bond donors (Lipinski definition) is 0. The minimum atomic E-state index is -0.309. The van der Waals surface area contributed by atoms with Crippen molar-refractivity contribution in [1.29, 1.82) is 0 Å². The maximum absolute atomic E-state index is 14.1. The fourth-order valence-corrected chi connectivity index (χ4v) is 5.55. The van der Waals surface area contributed by atoms with E-state index in [9.17, 15) is 4.39 Å². The molecule has 0 saturated heterocycles. The molecule has 0 aromatic heterocycles. The number of hydrogen-bond acceptors (Lipinski definition) is 0. The van der Waals surface area contributed by atoms with Gasteiger partial charge in [0.15, 0.2) is 0 Å². The normalized spacial score (nSPS) is 25.5. The van der Waals surface area contributed by atoms with Crippen LogP contribution < -0.4 is 0 Å². The van der Waals surface area contributed by atoms with Crippen molar-refractivity contribution in [2.75, 3.05) is 0 Å². The van der Waals surface area contributed by atoms with Crippen LogP contribution in [0.4, 0.5) is 4.39 Å². The van der Waals surface area contributed by atoms with E-state index in [4.69, 9.17) is 11.6 Å². The van der Waals surface area contributed by atoms with Gasteiger partial charge in [0.05, 0.1) is 4.87 Å². The SMILES string of the molecule is CCc1ccc(CC[C@H]2CC[C@H](CCC3(Cl)C=CC(c4ccccc4F)=CC3)CC2)cc1. The molecule has 1 saturated carbocycles. The zero-order chi connectivity index (χ0) is 22.4. The Morgan fingerprint density at radius 2 is 1.56 bits per heavy atom. The lowest BCUT2D eigenvalue weighted by Gasteiger charge is -2.32. The lowest BCUT2D eigenvalue weighted by atomic mass is 9.76. The van der Waals surface area contributed by atoms with E-state index in [-0.39, 0.29) is 10.7 Å². The molecule has 0 heterocycles. The molecule has 0 amide bonds. The summed E-state index contributed by atoms with van der Waals surface area (Å²) in [6.45, 7) is 2.21. The fraction of sp³-hybridized carbons (Fsp3) is 0.467. The minimum Gasteiger partial charge on any atom is -0.206 e. The third-order valence-electron chi connectivity index (χ3n) is 7.61. The van der Waals surface area contributed by atoms with Crippen LogP contribution >= 0.6 is 11.6 Å². The molecule has 2 aliphatic rings. The molecule has 2 heteroatoms. The maximum atomic E-state index is 14.1. The number of alkyl halides is 1. The first-order valence-electron chi connectivity index (χ1n) is 12.5. The highest BCUT2D eigenvalue weighted by molar-refractivity contribution is 6.25. The van der Waals surface area contributed by atoms with Gasteiger partial charge < -0.3 is 0 Å².